The van der Waals surface area contributed by atoms with Crippen LogP contribution in [0.1, 0.15) is 67.8 Å². The van der Waals surface area contributed by atoms with Gasteiger partial charge in [0.25, 0.3) is 0 Å². The van der Waals surface area contributed by atoms with Crippen LogP contribution in [0.25, 0.3) is 0 Å². The van der Waals surface area contributed by atoms with E-state index in [0.717, 1.165) is 53.6 Å². The van der Waals surface area contributed by atoms with Gasteiger partial charge in [-0.1, -0.05) is 54.8 Å². The van der Waals surface area contributed by atoms with Crippen LogP contribution in [0.4, 0.5) is 5.69 Å². The average molecular weight is 506 g/mol. The van der Waals surface area contributed by atoms with Crippen LogP contribution in [0.3, 0.4) is 0 Å². The molecule has 0 saturated heterocycles. The number of ether oxygens (including phenoxy) is 2. The molecule has 1 heterocycles. The van der Waals surface area contributed by atoms with Crippen molar-refractivity contribution in [2.45, 2.75) is 63.7 Å². The van der Waals surface area contributed by atoms with E-state index in [1.54, 1.807) is 0 Å². The lowest BCUT2D eigenvalue weighted by atomic mass is 9.86. The minimum absolute atomic E-state index is 0.0200. The number of carbonyl (C=O) groups is 1. The third-order valence-corrected chi connectivity index (χ3v) is 7.46. The highest BCUT2D eigenvalue weighted by atomic mass is 35.5. The van der Waals surface area contributed by atoms with Gasteiger partial charge in [-0.25, -0.2) is 0 Å². The molecule has 0 radical (unpaired) electrons. The van der Waals surface area contributed by atoms with Gasteiger partial charge in [-0.3, -0.25) is 4.79 Å². The Labute approximate surface area is 217 Å². The van der Waals surface area contributed by atoms with Crippen LogP contribution in [0.2, 0.25) is 5.02 Å². The summed E-state index contributed by atoms with van der Waals surface area (Å²) in [6.45, 7) is 4.09. The second kappa shape index (κ2) is 10.3. The number of anilines is 1. The van der Waals surface area contributed by atoms with Gasteiger partial charge in [-0.2, -0.15) is 0 Å². The van der Waals surface area contributed by atoms with Gasteiger partial charge in [0.05, 0.1) is 24.2 Å². The minimum atomic E-state index is -0.767. The molecule has 2 aliphatic rings. The van der Waals surface area contributed by atoms with E-state index < -0.39 is 5.60 Å². The molecule has 188 valence electrons. The van der Waals surface area contributed by atoms with E-state index in [1.807, 2.05) is 85.5 Å². The zero-order chi connectivity index (χ0) is 25.3. The Morgan fingerprint density at radius 3 is 2.39 bits per heavy atom. The van der Waals surface area contributed by atoms with E-state index in [2.05, 4.69) is 0 Å². The lowest BCUT2D eigenvalue weighted by Gasteiger charge is -2.38. The molecule has 1 atom stereocenters. The van der Waals surface area contributed by atoms with Crippen LogP contribution < -0.4 is 9.64 Å². The standard InChI is InChI=1S/C30H32ClNO4/c1-20(2)35-19-36-26-14-7-22-17-28(33)32(29(27(22)18-26)21-5-10-24(31)11-6-21)25-12-8-23(9-13-25)30(34)15-3-4-16-30/h5-14,18,20,29,34H,3-4,15-17,19H2,1-2H3/t29-/m0/s1. The first-order valence-electron chi connectivity index (χ1n) is 12.6. The molecule has 1 aliphatic heterocycles. The number of benzene rings is 3. The molecule has 6 heteroatoms. The van der Waals surface area contributed by atoms with Crippen molar-refractivity contribution in [3.8, 4) is 5.75 Å². The lowest BCUT2D eigenvalue weighted by Crippen LogP contribution is -2.41. The molecule has 36 heavy (non-hydrogen) atoms. The van der Waals surface area contributed by atoms with Crippen LogP contribution in [0, 0.1) is 0 Å². The van der Waals surface area contributed by atoms with E-state index in [0.29, 0.717) is 17.2 Å². The zero-order valence-electron chi connectivity index (χ0n) is 20.7. The maximum atomic E-state index is 13.5. The van der Waals surface area contributed by atoms with E-state index in [1.165, 1.54) is 0 Å². The largest absolute Gasteiger partial charge is 0.468 e. The van der Waals surface area contributed by atoms with E-state index in [-0.39, 0.29) is 24.8 Å². The molecule has 0 unspecified atom stereocenters. The maximum Gasteiger partial charge on any atom is 0.232 e. The third kappa shape index (κ3) is 5.01. The third-order valence-electron chi connectivity index (χ3n) is 7.21. The Morgan fingerprint density at radius 1 is 1.03 bits per heavy atom. The van der Waals surface area contributed by atoms with Gasteiger partial charge in [-0.05, 0) is 85.3 Å². The maximum absolute atomic E-state index is 13.5. The van der Waals surface area contributed by atoms with Crippen molar-refractivity contribution in [1.82, 2.24) is 0 Å². The van der Waals surface area contributed by atoms with E-state index in [9.17, 15) is 9.90 Å². The monoisotopic (exact) mass is 505 g/mol. The number of hydrogen-bond donors (Lipinski definition) is 1. The Morgan fingerprint density at radius 2 is 1.72 bits per heavy atom. The average Bonchev–Trinajstić information content (AvgIpc) is 3.31. The van der Waals surface area contributed by atoms with Gasteiger partial charge in [0.1, 0.15) is 5.75 Å². The second-order valence-corrected chi connectivity index (χ2v) is 10.5. The summed E-state index contributed by atoms with van der Waals surface area (Å²) < 4.78 is 11.4. The first-order valence-corrected chi connectivity index (χ1v) is 13.0. The molecule has 0 aromatic heterocycles. The van der Waals surface area contributed by atoms with Gasteiger partial charge >= 0.3 is 0 Å². The highest BCUT2D eigenvalue weighted by Crippen LogP contribution is 2.43. The summed E-state index contributed by atoms with van der Waals surface area (Å²) in [5.41, 5.74) is 3.89. The molecule has 5 nitrogen and oxygen atoms in total. The summed E-state index contributed by atoms with van der Waals surface area (Å²) in [5, 5.41) is 11.7. The topological polar surface area (TPSA) is 59.0 Å². The van der Waals surface area contributed by atoms with Crippen molar-refractivity contribution in [3.05, 3.63) is 94.0 Å². The highest BCUT2D eigenvalue weighted by molar-refractivity contribution is 6.30. The van der Waals surface area contributed by atoms with Crippen LogP contribution in [-0.4, -0.2) is 23.9 Å². The number of carbonyl (C=O) groups excluding carboxylic acids is 1. The number of fused-ring (bicyclic) bond motifs is 1. The molecule has 0 spiro atoms. The number of halogens is 1. The van der Waals surface area contributed by atoms with Crippen molar-refractivity contribution in [3.63, 3.8) is 0 Å². The normalized spacial score (nSPS) is 19.0. The quantitative estimate of drug-likeness (QED) is 0.370. The van der Waals surface area contributed by atoms with Crippen LogP contribution >= 0.6 is 11.6 Å². The molecular formula is C30H32ClNO4. The number of rotatable bonds is 7. The fraction of sp³-hybridized carbons (Fsp3) is 0.367. The van der Waals surface area contributed by atoms with E-state index >= 15 is 0 Å². The van der Waals surface area contributed by atoms with E-state index in [4.69, 9.17) is 21.1 Å². The summed E-state index contributed by atoms with van der Waals surface area (Å²) in [5.74, 6) is 0.716. The molecule has 3 aromatic rings. The molecule has 1 saturated carbocycles. The molecule has 1 aliphatic carbocycles. The fourth-order valence-electron chi connectivity index (χ4n) is 5.30. The van der Waals surface area contributed by atoms with Gasteiger partial charge in [0.2, 0.25) is 5.91 Å². The minimum Gasteiger partial charge on any atom is -0.468 e. The highest BCUT2D eigenvalue weighted by Gasteiger charge is 2.36. The van der Waals surface area contributed by atoms with Crippen LogP contribution in [-0.2, 0) is 21.6 Å². The van der Waals surface area contributed by atoms with Crippen molar-refractivity contribution >= 4 is 23.2 Å². The molecule has 0 bridgehead atoms. The van der Waals surface area contributed by atoms with Crippen molar-refractivity contribution < 1.29 is 19.4 Å². The Hall–Kier alpha value is -2.86. The summed E-state index contributed by atoms with van der Waals surface area (Å²) in [6.07, 6.45) is 3.99. The van der Waals surface area contributed by atoms with Crippen molar-refractivity contribution in [2.75, 3.05) is 11.7 Å². The zero-order valence-corrected chi connectivity index (χ0v) is 21.5. The second-order valence-electron chi connectivity index (χ2n) is 10.0. The van der Waals surface area contributed by atoms with Gasteiger partial charge in [0.15, 0.2) is 6.79 Å². The molecular weight excluding hydrogens is 474 g/mol. The van der Waals surface area contributed by atoms with Gasteiger partial charge in [0, 0.05) is 10.7 Å². The molecule has 5 rings (SSSR count). The lowest BCUT2D eigenvalue weighted by molar-refractivity contribution is -0.118. The number of hydrogen-bond acceptors (Lipinski definition) is 4. The first-order chi connectivity index (χ1) is 17.3. The number of aliphatic hydroxyl groups is 1. The predicted octanol–water partition coefficient (Wildman–Crippen LogP) is 6.54. The molecule has 3 aromatic carbocycles. The predicted molar refractivity (Wildman–Crippen MR) is 141 cm³/mol. The number of nitrogens with zero attached hydrogens (tertiary/aromatic N) is 1. The Balaban J connectivity index is 1.53. The van der Waals surface area contributed by atoms with Gasteiger partial charge < -0.3 is 19.5 Å². The van der Waals surface area contributed by atoms with Crippen LogP contribution in [0.15, 0.2) is 66.7 Å². The Kier molecular flexibility index (Phi) is 7.07. The summed E-state index contributed by atoms with van der Waals surface area (Å²) in [6, 6.07) is 21.0. The molecule has 1 N–H and O–H groups in total. The summed E-state index contributed by atoms with van der Waals surface area (Å²) in [7, 11) is 0. The fourth-order valence-corrected chi connectivity index (χ4v) is 5.42. The summed E-state index contributed by atoms with van der Waals surface area (Å²) >= 11 is 6.20. The molecule has 1 fully saturated rings. The molecule has 1 amide bonds. The van der Waals surface area contributed by atoms with Crippen molar-refractivity contribution in [2.24, 2.45) is 0 Å². The van der Waals surface area contributed by atoms with Crippen molar-refractivity contribution in [1.29, 1.82) is 0 Å². The summed E-state index contributed by atoms with van der Waals surface area (Å²) in [4.78, 5) is 15.4. The number of amides is 1. The first kappa shape index (κ1) is 24.8. The SMILES string of the molecule is CC(C)OCOc1ccc2c(c1)[C@H](c1ccc(Cl)cc1)N(c1ccc(C3(O)CCCC3)cc1)C(=O)C2. The smallest absolute Gasteiger partial charge is 0.232 e. The van der Waals surface area contributed by atoms with Gasteiger partial charge in [-0.15, -0.1) is 0 Å². The van der Waals surface area contributed by atoms with Crippen LogP contribution in [0.5, 0.6) is 5.75 Å². The Bertz CT molecular complexity index is 1220.